The van der Waals surface area contributed by atoms with E-state index in [4.69, 9.17) is 9.47 Å². The van der Waals surface area contributed by atoms with Crippen molar-refractivity contribution in [1.82, 2.24) is 39.9 Å². The minimum absolute atomic E-state index is 0.0382. The van der Waals surface area contributed by atoms with E-state index in [0.29, 0.717) is 60.6 Å². The Labute approximate surface area is 379 Å². The molecule has 0 saturated carbocycles. The van der Waals surface area contributed by atoms with Gasteiger partial charge in [0, 0.05) is 122 Å². The van der Waals surface area contributed by atoms with E-state index in [-0.39, 0.29) is 61.1 Å². The van der Waals surface area contributed by atoms with Crippen LogP contribution in [0.3, 0.4) is 0 Å². The second-order valence-electron chi connectivity index (χ2n) is 15.7. The molecule has 4 aromatic heterocycles. The second kappa shape index (κ2) is 20.4. The first kappa shape index (κ1) is 47.5. The lowest BCUT2D eigenvalue weighted by Gasteiger charge is -2.36. The van der Waals surface area contributed by atoms with Crippen molar-refractivity contribution >= 4 is 31.0 Å². The van der Waals surface area contributed by atoms with E-state index in [1.165, 1.54) is 12.1 Å². The number of nitrogens with zero attached hydrogens (tertiary/aromatic N) is 10. The predicted molar refractivity (Wildman–Crippen MR) is 237 cm³/mol. The molecule has 66 heavy (non-hydrogen) atoms. The van der Waals surface area contributed by atoms with E-state index in [1.807, 2.05) is 23.6 Å². The third kappa shape index (κ3) is 11.7. The molecular weight excluding hydrogens is 905 g/mol. The fourth-order valence-corrected chi connectivity index (χ4v) is 8.81. The Morgan fingerprint density at radius 1 is 0.576 bits per heavy atom. The molecule has 0 N–H and O–H groups in total. The normalized spacial score (nSPS) is 15.9. The van der Waals surface area contributed by atoms with Gasteiger partial charge in [0.2, 0.25) is 11.6 Å². The van der Waals surface area contributed by atoms with E-state index < -0.39 is 42.9 Å². The first-order chi connectivity index (χ1) is 31.5. The Kier molecular flexibility index (Phi) is 14.7. The standard InChI is InChI=1S/2C22H23F2N5O3S/c2*1-14-16-13-27-22(21-25-6-3-7-26-21)28-18(16)5-8-29(14)15-11-17(23)20(24)19(12-15)32-9-4-10-33(2,30)31/h2*3,6-7,11-14H,4-5,8-10H2,1-2H3/t2*14-/m10/s1. The quantitative estimate of drug-likeness (QED) is 0.0871. The van der Waals surface area contributed by atoms with E-state index >= 15 is 0 Å². The number of aromatic nitrogens is 8. The van der Waals surface area contributed by atoms with Crippen LogP contribution in [0.25, 0.3) is 23.3 Å². The van der Waals surface area contributed by atoms with Crippen molar-refractivity contribution in [2.75, 3.05) is 60.1 Å². The fraction of sp³-hybridized carbons (Fsp3) is 0.364. The third-order valence-electron chi connectivity index (χ3n) is 10.8. The summed E-state index contributed by atoms with van der Waals surface area (Å²) in [4.78, 5) is 38.6. The molecule has 0 fully saturated rings. The fourth-order valence-electron chi connectivity index (χ4n) is 7.53. The average Bonchev–Trinajstić information content (AvgIpc) is 3.29. The lowest BCUT2D eigenvalue weighted by atomic mass is 9.98. The van der Waals surface area contributed by atoms with Gasteiger partial charge in [-0.25, -0.2) is 65.5 Å². The average molecular weight is 951 g/mol. The summed E-state index contributed by atoms with van der Waals surface area (Å²) in [7, 11) is -6.31. The van der Waals surface area contributed by atoms with Gasteiger partial charge in [-0.2, -0.15) is 8.78 Å². The first-order valence-electron chi connectivity index (χ1n) is 20.8. The zero-order chi connectivity index (χ0) is 47.2. The largest absolute Gasteiger partial charge is 0.490 e. The number of hydrogen-bond acceptors (Lipinski definition) is 16. The molecular formula is C44H46F4N10O6S2. The van der Waals surface area contributed by atoms with Crippen molar-refractivity contribution in [3.05, 3.63) is 119 Å². The molecule has 2 aliphatic heterocycles. The summed E-state index contributed by atoms with van der Waals surface area (Å²) >= 11 is 0. The molecule has 16 nitrogen and oxygen atoms in total. The molecule has 8 rings (SSSR count). The summed E-state index contributed by atoms with van der Waals surface area (Å²) in [6.45, 7) is 4.85. The molecule has 0 amide bonds. The van der Waals surface area contributed by atoms with Crippen molar-refractivity contribution in [2.45, 2.75) is 51.6 Å². The summed E-state index contributed by atoms with van der Waals surface area (Å²) in [5.41, 5.74) is 4.39. The number of sulfone groups is 2. The van der Waals surface area contributed by atoms with Crippen molar-refractivity contribution in [2.24, 2.45) is 0 Å². The van der Waals surface area contributed by atoms with Gasteiger partial charge in [0.1, 0.15) is 19.7 Å². The number of anilines is 2. The van der Waals surface area contributed by atoms with Crippen molar-refractivity contribution in [1.29, 1.82) is 0 Å². The van der Waals surface area contributed by atoms with Crippen LogP contribution in [0.15, 0.2) is 73.6 Å². The summed E-state index contributed by atoms with van der Waals surface area (Å²) in [6.07, 6.45) is 13.7. The van der Waals surface area contributed by atoms with Gasteiger partial charge in [-0.3, -0.25) is 0 Å². The van der Waals surface area contributed by atoms with Crippen molar-refractivity contribution < 1.29 is 43.9 Å². The summed E-state index contributed by atoms with van der Waals surface area (Å²) < 4.78 is 113. The van der Waals surface area contributed by atoms with Crippen LogP contribution in [0.5, 0.6) is 11.5 Å². The van der Waals surface area contributed by atoms with Crippen LogP contribution in [0.2, 0.25) is 0 Å². The van der Waals surface area contributed by atoms with Crippen molar-refractivity contribution in [3.63, 3.8) is 0 Å². The Hall–Kier alpha value is -6.42. The van der Waals surface area contributed by atoms with Crippen molar-refractivity contribution in [3.8, 4) is 34.8 Å². The lowest BCUT2D eigenvalue weighted by molar-refractivity contribution is 0.295. The maximum atomic E-state index is 14.3. The minimum atomic E-state index is -3.15. The number of fused-ring (bicyclic) bond motifs is 2. The van der Waals surface area contributed by atoms with Gasteiger partial charge < -0.3 is 19.3 Å². The van der Waals surface area contributed by atoms with Crippen LogP contribution in [-0.2, 0) is 32.5 Å². The highest BCUT2D eigenvalue weighted by Gasteiger charge is 2.30. The maximum Gasteiger partial charge on any atom is 0.200 e. The molecule has 0 bridgehead atoms. The van der Waals surface area contributed by atoms with Gasteiger partial charge in [-0.05, 0) is 38.8 Å². The topological polar surface area (TPSA) is 196 Å². The van der Waals surface area contributed by atoms with E-state index in [9.17, 15) is 34.4 Å². The summed E-state index contributed by atoms with van der Waals surface area (Å²) in [5.74, 6) is -3.18. The monoisotopic (exact) mass is 950 g/mol. The lowest BCUT2D eigenvalue weighted by Crippen LogP contribution is -2.35. The molecule has 0 radical (unpaired) electrons. The van der Waals surface area contributed by atoms with Crippen LogP contribution < -0.4 is 19.3 Å². The molecule has 0 spiro atoms. The highest BCUT2D eigenvalue weighted by molar-refractivity contribution is 7.90. The second-order valence-corrected chi connectivity index (χ2v) is 20.2. The highest BCUT2D eigenvalue weighted by atomic mass is 32.2. The van der Waals surface area contributed by atoms with Crippen LogP contribution in [0.1, 0.15) is 61.3 Å². The molecule has 2 aliphatic rings. The zero-order valence-electron chi connectivity index (χ0n) is 36.4. The molecule has 22 heteroatoms. The van der Waals surface area contributed by atoms with Crippen LogP contribution >= 0.6 is 0 Å². The van der Waals surface area contributed by atoms with E-state index in [2.05, 4.69) is 39.9 Å². The number of ether oxygens (including phenoxy) is 2. The summed E-state index contributed by atoms with van der Waals surface area (Å²) in [6, 6.07) is 8.19. The molecule has 6 heterocycles. The third-order valence-corrected chi connectivity index (χ3v) is 12.9. The van der Waals surface area contributed by atoms with Gasteiger partial charge in [-0.15, -0.1) is 0 Å². The molecule has 348 valence electrons. The highest BCUT2D eigenvalue weighted by Crippen LogP contribution is 2.38. The molecule has 0 saturated heterocycles. The Bertz CT molecular complexity index is 2710. The van der Waals surface area contributed by atoms with Crippen LogP contribution in [-0.4, -0.2) is 107 Å². The number of hydrogen-bond donors (Lipinski definition) is 0. The zero-order valence-corrected chi connectivity index (χ0v) is 38.0. The molecule has 2 atom stereocenters. The van der Waals surface area contributed by atoms with Crippen LogP contribution in [0.4, 0.5) is 28.9 Å². The molecule has 6 aromatic rings. The van der Waals surface area contributed by atoms with Gasteiger partial charge >= 0.3 is 0 Å². The van der Waals surface area contributed by atoms with E-state index in [0.717, 1.165) is 47.2 Å². The molecule has 0 unspecified atom stereocenters. The van der Waals surface area contributed by atoms with Gasteiger partial charge in [-0.1, -0.05) is 0 Å². The molecule has 0 aliphatic carbocycles. The summed E-state index contributed by atoms with van der Waals surface area (Å²) in [5, 5.41) is 0. The number of benzene rings is 2. The Morgan fingerprint density at radius 2 is 0.955 bits per heavy atom. The first-order valence-corrected chi connectivity index (χ1v) is 25.0. The number of halogens is 4. The SMILES string of the molecule is C[C@@H]1c2cnc(-c3ncccn3)nc2CCN1c1cc(F)c(F)c(OCCCS(C)(=O)=O)c1.C[C@H]1c2cnc(-c3ncccn3)nc2CCN1c1cc(F)c(F)c(OCCCS(C)(=O)=O)c1. The van der Waals surface area contributed by atoms with Crippen LogP contribution in [0, 0.1) is 23.3 Å². The minimum Gasteiger partial charge on any atom is -0.490 e. The Balaban J connectivity index is 0.000000196. The Morgan fingerprint density at radius 3 is 1.32 bits per heavy atom. The molecule has 2 aromatic carbocycles. The predicted octanol–water partition coefficient (Wildman–Crippen LogP) is 6.30. The van der Waals surface area contributed by atoms with Gasteiger partial charge in [0.25, 0.3) is 0 Å². The maximum absolute atomic E-state index is 14.3. The van der Waals surface area contributed by atoms with Gasteiger partial charge in [0.15, 0.2) is 46.4 Å². The smallest absolute Gasteiger partial charge is 0.200 e. The number of rotatable bonds is 14. The van der Waals surface area contributed by atoms with Gasteiger partial charge in [0.05, 0.1) is 48.2 Å². The van der Waals surface area contributed by atoms with E-state index in [1.54, 1.807) is 49.3 Å².